The number of aromatic nitrogens is 4. The highest BCUT2D eigenvalue weighted by atomic mass is 16.3. The SMILES string of the molecule is CCn1c([C@H]2CCCN(C(=O)Cc3nc4ccccc4o3)C2)n[nH]c1=O. The molecule has 1 fully saturated rings. The third kappa shape index (κ3) is 3.02. The van der Waals surface area contributed by atoms with E-state index in [-0.39, 0.29) is 23.9 Å². The molecule has 0 spiro atoms. The number of aromatic amines is 1. The summed E-state index contributed by atoms with van der Waals surface area (Å²) < 4.78 is 7.30. The maximum Gasteiger partial charge on any atom is 0.343 e. The Bertz CT molecular complexity index is 953. The molecule has 4 rings (SSSR count). The predicted octanol–water partition coefficient (Wildman–Crippen LogP) is 1.68. The summed E-state index contributed by atoms with van der Waals surface area (Å²) in [5, 5.41) is 6.69. The number of H-pyrrole nitrogens is 1. The van der Waals surface area contributed by atoms with Crippen molar-refractivity contribution in [2.45, 2.75) is 38.6 Å². The molecule has 8 nitrogen and oxygen atoms in total. The van der Waals surface area contributed by atoms with Gasteiger partial charge < -0.3 is 9.32 Å². The lowest BCUT2D eigenvalue weighted by Gasteiger charge is -2.32. The zero-order valence-electron chi connectivity index (χ0n) is 14.6. The second-order valence-electron chi connectivity index (χ2n) is 6.56. The summed E-state index contributed by atoms with van der Waals surface area (Å²) in [4.78, 5) is 30.7. The minimum absolute atomic E-state index is 0.0119. The zero-order valence-corrected chi connectivity index (χ0v) is 14.6. The van der Waals surface area contributed by atoms with Crippen molar-refractivity contribution in [3.05, 3.63) is 46.5 Å². The average Bonchev–Trinajstić information content (AvgIpc) is 3.24. The van der Waals surface area contributed by atoms with Crippen LogP contribution in [-0.2, 0) is 17.8 Å². The van der Waals surface area contributed by atoms with E-state index >= 15 is 0 Å². The molecule has 1 atom stereocenters. The molecule has 1 amide bonds. The van der Waals surface area contributed by atoms with Crippen molar-refractivity contribution in [2.75, 3.05) is 13.1 Å². The minimum atomic E-state index is -0.197. The Hall–Kier alpha value is -2.90. The molecule has 3 heterocycles. The van der Waals surface area contributed by atoms with Gasteiger partial charge in [0.25, 0.3) is 0 Å². The topological polar surface area (TPSA) is 97.0 Å². The molecule has 1 N–H and O–H groups in total. The van der Waals surface area contributed by atoms with E-state index in [1.165, 1.54) is 0 Å². The van der Waals surface area contributed by atoms with Crippen LogP contribution in [0.5, 0.6) is 0 Å². The molecule has 1 aliphatic heterocycles. The summed E-state index contributed by atoms with van der Waals surface area (Å²) in [5.74, 6) is 1.22. The first-order valence-electron chi connectivity index (χ1n) is 8.93. The molecule has 0 bridgehead atoms. The molecule has 2 aromatic heterocycles. The van der Waals surface area contributed by atoms with Gasteiger partial charge in [-0.05, 0) is 31.9 Å². The number of nitrogens with zero attached hydrogens (tertiary/aromatic N) is 4. The van der Waals surface area contributed by atoms with Gasteiger partial charge in [0.15, 0.2) is 5.58 Å². The number of likely N-dealkylation sites (tertiary alicyclic amines) is 1. The fraction of sp³-hybridized carbons (Fsp3) is 0.444. The van der Waals surface area contributed by atoms with Crippen molar-refractivity contribution in [3.63, 3.8) is 0 Å². The number of hydrogen-bond acceptors (Lipinski definition) is 5. The Kier molecular flexibility index (Phi) is 4.32. The molecule has 1 aromatic carbocycles. The third-order valence-corrected chi connectivity index (χ3v) is 4.88. The lowest BCUT2D eigenvalue weighted by atomic mass is 9.97. The number of para-hydroxylation sites is 2. The number of benzene rings is 1. The van der Waals surface area contributed by atoms with Crippen LogP contribution in [0.1, 0.15) is 37.4 Å². The Labute approximate surface area is 149 Å². The molecular formula is C18H21N5O3. The van der Waals surface area contributed by atoms with Crippen LogP contribution in [0.25, 0.3) is 11.1 Å². The number of carbonyl (C=O) groups excluding carboxylic acids is 1. The van der Waals surface area contributed by atoms with Gasteiger partial charge in [0.2, 0.25) is 11.8 Å². The molecule has 1 saturated heterocycles. The number of nitrogens with one attached hydrogen (secondary N) is 1. The van der Waals surface area contributed by atoms with Crippen LogP contribution < -0.4 is 5.69 Å². The van der Waals surface area contributed by atoms with Gasteiger partial charge >= 0.3 is 5.69 Å². The number of hydrogen-bond donors (Lipinski definition) is 1. The van der Waals surface area contributed by atoms with Crippen LogP contribution in [0.3, 0.4) is 0 Å². The van der Waals surface area contributed by atoms with E-state index in [1.807, 2.05) is 36.1 Å². The molecule has 1 aliphatic rings. The fourth-order valence-electron chi connectivity index (χ4n) is 3.60. The number of amides is 1. The molecule has 0 aliphatic carbocycles. The summed E-state index contributed by atoms with van der Waals surface area (Å²) in [7, 11) is 0. The lowest BCUT2D eigenvalue weighted by molar-refractivity contribution is -0.132. The van der Waals surface area contributed by atoms with Crippen LogP contribution in [0.15, 0.2) is 33.5 Å². The Morgan fingerprint density at radius 1 is 1.38 bits per heavy atom. The third-order valence-electron chi connectivity index (χ3n) is 4.88. The predicted molar refractivity (Wildman–Crippen MR) is 94.8 cm³/mol. The van der Waals surface area contributed by atoms with E-state index in [4.69, 9.17) is 4.42 Å². The number of rotatable bonds is 4. The van der Waals surface area contributed by atoms with Gasteiger partial charge in [0, 0.05) is 25.6 Å². The summed E-state index contributed by atoms with van der Waals surface area (Å²) in [6.07, 6.45) is 1.94. The summed E-state index contributed by atoms with van der Waals surface area (Å²) in [5.41, 5.74) is 1.25. The van der Waals surface area contributed by atoms with Gasteiger partial charge in [-0.1, -0.05) is 12.1 Å². The highest BCUT2D eigenvalue weighted by molar-refractivity contribution is 5.79. The second kappa shape index (κ2) is 6.78. The van der Waals surface area contributed by atoms with Gasteiger partial charge in [-0.2, -0.15) is 5.10 Å². The standard InChI is InChI=1S/C18H21N5O3/c1-2-23-17(20-21-18(23)25)12-6-5-9-22(11-12)16(24)10-15-19-13-7-3-4-8-14(13)26-15/h3-4,7-8,12H,2,5-6,9-11H2,1H3,(H,21,25)/t12-/m0/s1. The number of carbonyl (C=O) groups is 1. The van der Waals surface area contributed by atoms with E-state index in [9.17, 15) is 9.59 Å². The molecule has 3 aromatic rings. The van der Waals surface area contributed by atoms with Crippen molar-refractivity contribution in [1.82, 2.24) is 24.6 Å². The first-order valence-corrected chi connectivity index (χ1v) is 8.93. The van der Waals surface area contributed by atoms with Gasteiger partial charge in [-0.25, -0.2) is 14.9 Å². The lowest BCUT2D eigenvalue weighted by Crippen LogP contribution is -2.40. The molecular weight excluding hydrogens is 334 g/mol. The van der Waals surface area contributed by atoms with Crippen LogP contribution in [-0.4, -0.2) is 43.6 Å². The van der Waals surface area contributed by atoms with Crippen LogP contribution in [0.2, 0.25) is 0 Å². The van der Waals surface area contributed by atoms with Crippen molar-refractivity contribution >= 4 is 17.0 Å². The Balaban J connectivity index is 1.48. The van der Waals surface area contributed by atoms with E-state index < -0.39 is 0 Å². The Morgan fingerprint density at radius 3 is 3.04 bits per heavy atom. The molecule has 136 valence electrons. The van der Waals surface area contributed by atoms with E-state index in [1.54, 1.807) is 4.57 Å². The van der Waals surface area contributed by atoms with Crippen molar-refractivity contribution < 1.29 is 9.21 Å². The number of oxazole rings is 1. The normalized spacial score (nSPS) is 17.7. The molecule has 0 radical (unpaired) electrons. The molecule has 26 heavy (non-hydrogen) atoms. The summed E-state index contributed by atoms with van der Waals surface area (Å²) >= 11 is 0. The first-order chi connectivity index (χ1) is 12.7. The highest BCUT2D eigenvalue weighted by Gasteiger charge is 2.29. The van der Waals surface area contributed by atoms with Gasteiger partial charge in [-0.3, -0.25) is 9.36 Å². The molecule has 0 unspecified atom stereocenters. The monoisotopic (exact) mass is 355 g/mol. The quantitative estimate of drug-likeness (QED) is 0.768. The van der Waals surface area contributed by atoms with Gasteiger partial charge in [0.05, 0.1) is 0 Å². The van der Waals surface area contributed by atoms with Crippen molar-refractivity contribution in [1.29, 1.82) is 0 Å². The smallest absolute Gasteiger partial charge is 0.343 e. The van der Waals surface area contributed by atoms with E-state index in [2.05, 4.69) is 15.2 Å². The number of fused-ring (bicyclic) bond motifs is 1. The van der Waals surface area contributed by atoms with E-state index in [0.717, 1.165) is 24.2 Å². The van der Waals surface area contributed by atoms with Crippen molar-refractivity contribution in [3.8, 4) is 0 Å². The summed E-state index contributed by atoms with van der Waals surface area (Å²) in [6.45, 7) is 3.75. The van der Waals surface area contributed by atoms with Gasteiger partial charge in [0.1, 0.15) is 17.8 Å². The number of piperidine rings is 1. The maximum atomic E-state index is 12.7. The zero-order chi connectivity index (χ0) is 18.1. The summed E-state index contributed by atoms with van der Waals surface area (Å²) in [6, 6.07) is 7.48. The largest absolute Gasteiger partial charge is 0.440 e. The Morgan fingerprint density at radius 2 is 2.23 bits per heavy atom. The minimum Gasteiger partial charge on any atom is -0.440 e. The maximum absolute atomic E-state index is 12.7. The van der Waals surface area contributed by atoms with E-state index in [0.29, 0.717) is 31.1 Å². The molecule has 0 saturated carbocycles. The average molecular weight is 355 g/mol. The second-order valence-corrected chi connectivity index (χ2v) is 6.56. The highest BCUT2D eigenvalue weighted by Crippen LogP contribution is 2.25. The van der Waals surface area contributed by atoms with Crippen LogP contribution >= 0.6 is 0 Å². The molecule has 8 heteroatoms. The fourth-order valence-corrected chi connectivity index (χ4v) is 3.60. The van der Waals surface area contributed by atoms with Crippen LogP contribution in [0.4, 0.5) is 0 Å². The van der Waals surface area contributed by atoms with Gasteiger partial charge in [-0.15, -0.1) is 0 Å². The van der Waals surface area contributed by atoms with Crippen molar-refractivity contribution in [2.24, 2.45) is 0 Å². The van der Waals surface area contributed by atoms with Crippen LogP contribution in [0, 0.1) is 0 Å². The first kappa shape index (κ1) is 16.6.